The number of carbonyl (C=O) groups is 1. The van der Waals surface area contributed by atoms with Crippen molar-refractivity contribution in [2.24, 2.45) is 5.73 Å². The van der Waals surface area contributed by atoms with Gasteiger partial charge in [-0.05, 0) is 32.7 Å². The van der Waals surface area contributed by atoms with Crippen LogP contribution in [0.15, 0.2) is 0 Å². The molecule has 2 aliphatic heterocycles. The van der Waals surface area contributed by atoms with Crippen LogP contribution in [-0.4, -0.2) is 73.9 Å². The second-order valence-electron chi connectivity index (χ2n) is 5.74. The highest BCUT2D eigenvalue weighted by Gasteiger charge is 2.35. The molecule has 0 bridgehead atoms. The van der Waals surface area contributed by atoms with Crippen LogP contribution in [0.25, 0.3) is 0 Å². The van der Waals surface area contributed by atoms with Crippen LogP contribution in [0, 0.1) is 0 Å². The number of sulfone groups is 1. The summed E-state index contributed by atoms with van der Waals surface area (Å²) in [5.41, 5.74) is 5.72. The topological polar surface area (TPSA) is 83.7 Å². The molecule has 2 atom stereocenters. The van der Waals surface area contributed by atoms with Crippen molar-refractivity contribution in [1.29, 1.82) is 0 Å². The third-order valence-corrected chi connectivity index (χ3v) is 6.17. The Labute approximate surface area is 133 Å². The highest BCUT2D eigenvalue weighted by Crippen LogP contribution is 2.20. The van der Waals surface area contributed by atoms with Gasteiger partial charge in [0.05, 0.1) is 18.1 Å². The fraction of sp³-hybridized carbons (Fsp3) is 0.923. The first kappa shape index (κ1) is 18.7. The number of hydrogen-bond donors (Lipinski definition) is 1. The molecule has 2 unspecified atom stereocenters. The lowest BCUT2D eigenvalue weighted by Crippen LogP contribution is -2.48. The molecule has 2 N–H and O–H groups in total. The summed E-state index contributed by atoms with van der Waals surface area (Å²) in [6, 6.07) is 0.154. The summed E-state index contributed by atoms with van der Waals surface area (Å²) in [6.45, 7) is 4.34. The van der Waals surface area contributed by atoms with Crippen molar-refractivity contribution in [3.8, 4) is 0 Å². The van der Waals surface area contributed by atoms with E-state index < -0.39 is 9.84 Å². The van der Waals surface area contributed by atoms with Crippen molar-refractivity contribution in [3.63, 3.8) is 0 Å². The van der Waals surface area contributed by atoms with E-state index in [9.17, 15) is 13.2 Å². The minimum atomic E-state index is -2.95. The Morgan fingerprint density at radius 3 is 2.62 bits per heavy atom. The van der Waals surface area contributed by atoms with Crippen molar-refractivity contribution in [2.75, 3.05) is 37.7 Å². The highest BCUT2D eigenvalue weighted by molar-refractivity contribution is 7.91. The van der Waals surface area contributed by atoms with Crippen LogP contribution in [0.3, 0.4) is 0 Å². The van der Waals surface area contributed by atoms with Crippen LogP contribution in [0.5, 0.6) is 0 Å². The summed E-state index contributed by atoms with van der Waals surface area (Å²) < 4.78 is 23.1. The zero-order valence-corrected chi connectivity index (χ0v) is 14.2. The summed E-state index contributed by atoms with van der Waals surface area (Å²) in [5, 5.41) is 0. The maximum absolute atomic E-state index is 12.4. The van der Waals surface area contributed by atoms with Crippen LogP contribution in [-0.2, 0) is 14.6 Å². The van der Waals surface area contributed by atoms with Gasteiger partial charge in [-0.25, -0.2) is 8.42 Å². The monoisotopic (exact) mass is 339 g/mol. The number of hydrogen-bond acceptors (Lipinski definition) is 5. The number of likely N-dealkylation sites (N-methyl/N-ethyl adjacent to an activating group) is 1. The summed E-state index contributed by atoms with van der Waals surface area (Å²) in [5.74, 6) is 0.360. The zero-order chi connectivity index (χ0) is 14.8. The van der Waals surface area contributed by atoms with Crippen LogP contribution in [0.1, 0.15) is 26.2 Å². The van der Waals surface area contributed by atoms with Gasteiger partial charge in [0.1, 0.15) is 0 Å². The normalized spacial score (nSPS) is 28.3. The molecule has 8 heteroatoms. The summed E-state index contributed by atoms with van der Waals surface area (Å²) in [7, 11) is -2.95. The molecule has 0 aromatic heterocycles. The Kier molecular flexibility index (Phi) is 6.90. The van der Waals surface area contributed by atoms with E-state index in [0.29, 0.717) is 32.1 Å². The van der Waals surface area contributed by atoms with Gasteiger partial charge in [-0.1, -0.05) is 0 Å². The Morgan fingerprint density at radius 2 is 2.10 bits per heavy atom. The number of halogens is 1. The molecule has 0 saturated carbocycles. The second kappa shape index (κ2) is 7.76. The minimum absolute atomic E-state index is 0. The number of nitrogens with zero attached hydrogens (tertiary/aromatic N) is 2. The van der Waals surface area contributed by atoms with Crippen molar-refractivity contribution < 1.29 is 13.2 Å². The average Bonchev–Trinajstić information content (AvgIpc) is 2.97. The fourth-order valence-corrected chi connectivity index (χ4v) is 5.02. The molecule has 0 aromatic rings. The second-order valence-corrected chi connectivity index (χ2v) is 7.97. The number of amides is 1. The molecule has 6 nitrogen and oxygen atoms in total. The van der Waals surface area contributed by atoms with Gasteiger partial charge in [0, 0.05) is 25.2 Å². The molecule has 2 fully saturated rings. The van der Waals surface area contributed by atoms with E-state index in [0.717, 1.165) is 19.4 Å². The number of nitrogens with two attached hydrogens (primary N) is 1. The van der Waals surface area contributed by atoms with Crippen molar-refractivity contribution in [3.05, 3.63) is 0 Å². The lowest BCUT2D eigenvalue weighted by atomic mass is 10.2. The molecule has 0 aromatic carbocycles. The van der Waals surface area contributed by atoms with Crippen LogP contribution in [0.4, 0.5) is 0 Å². The fourth-order valence-electron chi connectivity index (χ4n) is 3.29. The molecule has 0 spiro atoms. The van der Waals surface area contributed by atoms with Gasteiger partial charge in [0.15, 0.2) is 9.84 Å². The maximum Gasteiger partial charge on any atom is 0.237 e. The van der Waals surface area contributed by atoms with Gasteiger partial charge in [0.25, 0.3) is 0 Å². The minimum Gasteiger partial charge on any atom is -0.338 e. The standard InChI is InChI=1S/C13H25N3O3S.ClH/c1-2-16(12-5-7-20(18,19)10-12)13(17)9-15-6-3-4-11(15)8-14;/h11-12H,2-10,14H2,1H3;1H. The molecular formula is C13H26ClN3O3S. The molecule has 2 aliphatic rings. The Hall–Kier alpha value is -0.370. The molecule has 21 heavy (non-hydrogen) atoms. The number of likely N-dealkylation sites (tertiary alicyclic amines) is 1. The molecule has 0 radical (unpaired) electrons. The maximum atomic E-state index is 12.4. The van der Waals surface area contributed by atoms with E-state index in [4.69, 9.17) is 5.73 Å². The summed E-state index contributed by atoms with van der Waals surface area (Å²) in [4.78, 5) is 16.3. The predicted octanol–water partition coefficient (Wildman–Crippen LogP) is -0.133. The molecule has 2 heterocycles. The molecule has 124 valence electrons. The number of rotatable bonds is 5. The van der Waals surface area contributed by atoms with Crippen LogP contribution < -0.4 is 5.73 Å². The molecular weight excluding hydrogens is 314 g/mol. The summed E-state index contributed by atoms with van der Waals surface area (Å²) >= 11 is 0. The van der Waals surface area contributed by atoms with E-state index in [2.05, 4.69) is 4.90 Å². The zero-order valence-electron chi connectivity index (χ0n) is 12.5. The molecule has 2 rings (SSSR count). The largest absolute Gasteiger partial charge is 0.338 e. The molecule has 1 amide bonds. The SMILES string of the molecule is CCN(C(=O)CN1CCCC1CN)C1CCS(=O)(=O)C1.Cl. The quantitative estimate of drug-likeness (QED) is 0.754. The predicted molar refractivity (Wildman–Crippen MR) is 85.3 cm³/mol. The van der Waals surface area contributed by atoms with Crippen LogP contribution in [0.2, 0.25) is 0 Å². The Bertz CT molecular complexity index is 458. The van der Waals surface area contributed by atoms with Crippen molar-refractivity contribution >= 4 is 28.2 Å². The van der Waals surface area contributed by atoms with Crippen LogP contribution >= 0.6 is 12.4 Å². The van der Waals surface area contributed by atoms with E-state index >= 15 is 0 Å². The van der Waals surface area contributed by atoms with E-state index in [-0.39, 0.29) is 35.9 Å². The first-order valence-electron chi connectivity index (χ1n) is 7.41. The van der Waals surface area contributed by atoms with Gasteiger partial charge < -0.3 is 10.6 Å². The third-order valence-electron chi connectivity index (χ3n) is 4.42. The van der Waals surface area contributed by atoms with Gasteiger partial charge in [-0.15, -0.1) is 12.4 Å². The molecule has 0 aliphatic carbocycles. The number of carbonyl (C=O) groups excluding carboxylic acids is 1. The van der Waals surface area contributed by atoms with Crippen molar-refractivity contribution in [1.82, 2.24) is 9.80 Å². The highest BCUT2D eigenvalue weighted by atomic mass is 35.5. The van der Waals surface area contributed by atoms with Gasteiger partial charge in [-0.2, -0.15) is 0 Å². The molecule has 2 saturated heterocycles. The van der Waals surface area contributed by atoms with Gasteiger partial charge in [0.2, 0.25) is 5.91 Å². The third kappa shape index (κ3) is 4.55. The van der Waals surface area contributed by atoms with Gasteiger partial charge in [-0.3, -0.25) is 9.69 Å². The van der Waals surface area contributed by atoms with E-state index in [1.54, 1.807) is 4.90 Å². The Morgan fingerprint density at radius 1 is 1.38 bits per heavy atom. The van der Waals surface area contributed by atoms with Gasteiger partial charge >= 0.3 is 0 Å². The first-order valence-corrected chi connectivity index (χ1v) is 9.23. The Balaban J connectivity index is 0.00000220. The first-order chi connectivity index (χ1) is 9.46. The van der Waals surface area contributed by atoms with E-state index in [1.807, 2.05) is 6.92 Å². The lowest BCUT2D eigenvalue weighted by Gasteiger charge is -2.30. The summed E-state index contributed by atoms with van der Waals surface area (Å²) in [6.07, 6.45) is 2.70. The van der Waals surface area contributed by atoms with Crippen molar-refractivity contribution in [2.45, 2.75) is 38.3 Å². The smallest absolute Gasteiger partial charge is 0.237 e. The average molecular weight is 340 g/mol. The lowest BCUT2D eigenvalue weighted by molar-refractivity contribution is -0.134. The van der Waals surface area contributed by atoms with E-state index in [1.165, 1.54) is 0 Å².